The average molecular weight is 314 g/mol. The van der Waals surface area contributed by atoms with Crippen molar-refractivity contribution in [3.8, 4) is 0 Å². The summed E-state index contributed by atoms with van der Waals surface area (Å²) in [6.07, 6.45) is 0.139. The molecule has 17 heavy (non-hydrogen) atoms. The van der Waals surface area contributed by atoms with Crippen molar-refractivity contribution in [1.82, 2.24) is 0 Å². The van der Waals surface area contributed by atoms with Gasteiger partial charge in [-0.1, -0.05) is 0 Å². The van der Waals surface area contributed by atoms with E-state index >= 15 is 0 Å². The van der Waals surface area contributed by atoms with Crippen molar-refractivity contribution in [3.63, 3.8) is 0 Å². The summed E-state index contributed by atoms with van der Waals surface area (Å²) in [4.78, 5) is 19.0. The number of hydrogen-bond acceptors (Lipinski definition) is 4. The zero-order chi connectivity index (χ0) is 9.98. The van der Waals surface area contributed by atoms with Gasteiger partial charge in [0.2, 0.25) is 0 Å². The quantitative estimate of drug-likeness (QED) is 0.371. The van der Waals surface area contributed by atoms with Gasteiger partial charge in [-0.05, 0) is 0 Å². The second kappa shape index (κ2) is 36.2. The topological polar surface area (TPSA) is 253 Å². The fraction of sp³-hybridized carbons (Fsp3) is 0.667. The van der Waals surface area contributed by atoms with E-state index in [1.807, 2.05) is 0 Å². The summed E-state index contributed by atoms with van der Waals surface area (Å²) < 4.78 is 0. The molecule has 0 amide bonds. The second-order valence-corrected chi connectivity index (χ2v) is 1.86. The maximum atomic E-state index is 9.52. The SMILES string of the molecule is NCCC(=O)O.NCCC(=O)O.O.O.O.O.[Cu]. The number of hydrogen-bond donors (Lipinski definition) is 4. The molecule has 0 spiro atoms. The molecule has 0 saturated carbocycles. The van der Waals surface area contributed by atoms with E-state index in [1.165, 1.54) is 0 Å². The first-order valence-electron chi connectivity index (χ1n) is 3.38. The number of carboxylic acid groups (broad SMARTS) is 2. The van der Waals surface area contributed by atoms with Gasteiger partial charge >= 0.3 is 11.9 Å². The molecule has 11 heteroatoms. The van der Waals surface area contributed by atoms with Gasteiger partial charge < -0.3 is 43.6 Å². The Kier molecular flexibility index (Phi) is 94.1. The molecule has 1 radical (unpaired) electrons. The van der Waals surface area contributed by atoms with E-state index in [4.69, 9.17) is 21.7 Å². The summed E-state index contributed by atoms with van der Waals surface area (Å²) >= 11 is 0. The molecule has 0 aromatic carbocycles. The molecule has 0 fully saturated rings. The maximum Gasteiger partial charge on any atom is 0.304 e. The minimum absolute atomic E-state index is 0. The van der Waals surface area contributed by atoms with Gasteiger partial charge in [0.15, 0.2) is 0 Å². The minimum Gasteiger partial charge on any atom is -0.481 e. The predicted octanol–water partition coefficient (Wildman–Crippen LogP) is -4.46. The zero-order valence-corrected chi connectivity index (χ0v) is 9.94. The molecule has 0 aromatic rings. The molecule has 0 bridgehead atoms. The Bertz CT molecular complexity index is 132. The van der Waals surface area contributed by atoms with Crippen LogP contribution in [0.5, 0.6) is 0 Å². The fourth-order valence-corrected chi connectivity index (χ4v) is 0.247. The van der Waals surface area contributed by atoms with E-state index in [2.05, 4.69) is 0 Å². The standard InChI is InChI=1S/2C3H7NO2.Cu.4H2O/c2*4-2-1-3(5)6;;;;;/h2*1-2,4H2,(H,5,6);;4*1H2. The molecule has 0 heterocycles. The van der Waals surface area contributed by atoms with Crippen LogP contribution < -0.4 is 11.5 Å². The second-order valence-electron chi connectivity index (χ2n) is 1.86. The summed E-state index contributed by atoms with van der Waals surface area (Å²) in [5.74, 6) is -1.67. The van der Waals surface area contributed by atoms with E-state index < -0.39 is 11.9 Å². The third-order valence-corrected chi connectivity index (χ3v) is 0.716. The van der Waals surface area contributed by atoms with Crippen LogP contribution in [-0.2, 0) is 26.7 Å². The molecule has 0 saturated heterocycles. The van der Waals surface area contributed by atoms with E-state index in [1.54, 1.807) is 0 Å². The number of nitrogens with two attached hydrogens (primary N) is 2. The minimum atomic E-state index is -0.836. The van der Waals surface area contributed by atoms with E-state index in [-0.39, 0.29) is 64.9 Å². The third-order valence-electron chi connectivity index (χ3n) is 0.716. The Balaban J connectivity index is -0.0000000182. The molecule has 0 unspecified atom stereocenters. The Labute approximate surface area is 109 Å². The van der Waals surface area contributed by atoms with Crippen LogP contribution in [0.3, 0.4) is 0 Å². The number of aliphatic carboxylic acids is 2. The summed E-state index contributed by atoms with van der Waals surface area (Å²) in [5, 5.41) is 15.7. The number of carboxylic acids is 2. The normalized spacial score (nSPS) is 5.76. The van der Waals surface area contributed by atoms with E-state index in [9.17, 15) is 9.59 Å². The van der Waals surface area contributed by atoms with Gasteiger partial charge in [0, 0.05) is 30.2 Å². The Morgan fingerprint density at radius 2 is 0.941 bits per heavy atom. The van der Waals surface area contributed by atoms with Crippen LogP contribution in [0.15, 0.2) is 0 Å². The van der Waals surface area contributed by atoms with Crippen LogP contribution in [0.4, 0.5) is 0 Å². The molecule has 0 atom stereocenters. The molecule has 0 aliphatic rings. The van der Waals surface area contributed by atoms with Crippen LogP contribution in [0.1, 0.15) is 12.8 Å². The summed E-state index contributed by atoms with van der Waals surface area (Å²) in [6, 6.07) is 0. The van der Waals surface area contributed by atoms with Gasteiger partial charge in [0.1, 0.15) is 0 Å². The van der Waals surface area contributed by atoms with Crippen LogP contribution in [0, 0.1) is 0 Å². The Hall–Kier alpha value is -0.781. The summed E-state index contributed by atoms with van der Waals surface area (Å²) in [5.41, 5.74) is 9.70. The van der Waals surface area contributed by atoms with E-state index in [0.717, 1.165) is 0 Å². The first kappa shape index (κ1) is 44.2. The smallest absolute Gasteiger partial charge is 0.304 e. The molecule has 0 aliphatic carbocycles. The van der Waals surface area contributed by atoms with Crippen molar-refractivity contribution in [2.45, 2.75) is 12.8 Å². The van der Waals surface area contributed by atoms with Crippen molar-refractivity contribution >= 4 is 11.9 Å². The first-order chi connectivity index (χ1) is 5.54. The molecule has 0 aliphatic heterocycles. The van der Waals surface area contributed by atoms with Crippen LogP contribution in [0.2, 0.25) is 0 Å². The zero-order valence-electron chi connectivity index (χ0n) is 9.00. The predicted molar refractivity (Wildman–Crippen MR) is 57.1 cm³/mol. The van der Waals surface area contributed by atoms with Gasteiger partial charge in [-0.3, -0.25) is 9.59 Å². The van der Waals surface area contributed by atoms with Crippen molar-refractivity contribution in [2.24, 2.45) is 11.5 Å². The monoisotopic (exact) mass is 313 g/mol. The molecule has 115 valence electrons. The summed E-state index contributed by atoms with van der Waals surface area (Å²) in [6.45, 7) is 0.463. The third kappa shape index (κ3) is 97.6. The molecule has 14 N–H and O–H groups in total. The van der Waals surface area contributed by atoms with Crippen molar-refractivity contribution in [2.75, 3.05) is 13.1 Å². The number of rotatable bonds is 4. The first-order valence-corrected chi connectivity index (χ1v) is 3.38. The molecular formula is C6H22CuN2O8. The molecule has 0 rings (SSSR count). The maximum absolute atomic E-state index is 9.52. The van der Waals surface area contributed by atoms with Gasteiger partial charge in [0.25, 0.3) is 0 Å². The van der Waals surface area contributed by atoms with Crippen LogP contribution >= 0.6 is 0 Å². The van der Waals surface area contributed by atoms with E-state index in [0.29, 0.717) is 0 Å². The molecular weight excluding hydrogens is 292 g/mol. The fourth-order valence-electron chi connectivity index (χ4n) is 0.247. The Morgan fingerprint density at radius 3 is 0.941 bits per heavy atom. The van der Waals surface area contributed by atoms with Gasteiger partial charge in [-0.2, -0.15) is 0 Å². The Morgan fingerprint density at radius 1 is 0.765 bits per heavy atom. The van der Waals surface area contributed by atoms with Gasteiger partial charge in [-0.25, -0.2) is 0 Å². The summed E-state index contributed by atoms with van der Waals surface area (Å²) in [7, 11) is 0. The van der Waals surface area contributed by atoms with Gasteiger partial charge in [0.05, 0.1) is 12.8 Å². The molecule has 10 nitrogen and oxygen atoms in total. The van der Waals surface area contributed by atoms with Crippen molar-refractivity contribution in [1.29, 1.82) is 0 Å². The largest absolute Gasteiger partial charge is 0.481 e. The van der Waals surface area contributed by atoms with Crippen LogP contribution in [-0.4, -0.2) is 57.1 Å². The van der Waals surface area contributed by atoms with Crippen molar-refractivity contribution < 1.29 is 58.8 Å². The van der Waals surface area contributed by atoms with Crippen molar-refractivity contribution in [3.05, 3.63) is 0 Å². The molecule has 0 aromatic heterocycles. The average Bonchev–Trinajstić information content (AvgIpc) is 1.87. The number of carbonyl (C=O) groups is 2. The van der Waals surface area contributed by atoms with Gasteiger partial charge in [-0.15, -0.1) is 0 Å². The van der Waals surface area contributed by atoms with Crippen LogP contribution in [0.25, 0.3) is 0 Å².